The lowest BCUT2D eigenvalue weighted by molar-refractivity contribution is -0.147. The van der Waals surface area contributed by atoms with Gasteiger partial charge >= 0.3 is 5.97 Å². The van der Waals surface area contributed by atoms with Crippen molar-refractivity contribution in [2.24, 2.45) is 5.92 Å². The molecule has 0 fully saturated rings. The van der Waals surface area contributed by atoms with Crippen LogP contribution in [0, 0.1) is 5.92 Å². The number of benzene rings is 2. The number of ether oxygens (including phenoxy) is 4. The predicted molar refractivity (Wildman–Crippen MR) is 114 cm³/mol. The Bertz CT molecular complexity index is 924. The highest BCUT2D eigenvalue weighted by atomic mass is 16.5. The third-order valence-electron chi connectivity index (χ3n) is 4.66. The summed E-state index contributed by atoms with van der Waals surface area (Å²) in [5.74, 6) is -1.50. The maximum absolute atomic E-state index is 13.4. The molecule has 8 heteroatoms. The van der Waals surface area contributed by atoms with Crippen molar-refractivity contribution in [3.63, 3.8) is 0 Å². The summed E-state index contributed by atoms with van der Waals surface area (Å²) in [7, 11) is 4.49. The topological polar surface area (TPSA) is 100 Å². The van der Waals surface area contributed by atoms with E-state index in [4.69, 9.17) is 18.9 Å². The van der Waals surface area contributed by atoms with E-state index in [1.165, 1.54) is 28.3 Å². The van der Waals surface area contributed by atoms with Crippen LogP contribution < -0.4 is 19.5 Å². The highest BCUT2D eigenvalue weighted by Crippen LogP contribution is 2.34. The Kier molecular flexibility index (Phi) is 8.43. The van der Waals surface area contributed by atoms with Gasteiger partial charge in [0.05, 0.1) is 34.0 Å². The van der Waals surface area contributed by atoms with Crippen LogP contribution in [0.3, 0.4) is 0 Å². The van der Waals surface area contributed by atoms with Gasteiger partial charge in [0, 0.05) is 12.5 Å². The van der Waals surface area contributed by atoms with Crippen LogP contribution in [-0.4, -0.2) is 45.6 Å². The number of methoxy groups -OCH3 is 3. The van der Waals surface area contributed by atoms with Crippen LogP contribution >= 0.6 is 0 Å². The molecular formula is C23H27NO7. The number of carbonyl (C=O) groups is 3. The van der Waals surface area contributed by atoms with Crippen molar-refractivity contribution in [3.05, 3.63) is 53.6 Å². The lowest BCUT2D eigenvalue weighted by atomic mass is 9.86. The van der Waals surface area contributed by atoms with E-state index in [1.54, 1.807) is 49.4 Å². The quantitative estimate of drug-likeness (QED) is 0.352. The standard InChI is InChI=1S/C23H27NO7/c1-6-31-23(27)20(22(26)15-7-10-17(28-3)11-8-15)21(24-14(2)25)16-9-12-18(29-4)19(13-16)30-5/h7-13,20-21H,6H2,1-5H3,(H,24,25). The van der Waals surface area contributed by atoms with Crippen molar-refractivity contribution in [3.8, 4) is 17.2 Å². The monoisotopic (exact) mass is 429 g/mol. The average molecular weight is 429 g/mol. The van der Waals surface area contributed by atoms with Crippen LogP contribution in [-0.2, 0) is 14.3 Å². The van der Waals surface area contributed by atoms with Crippen LogP contribution in [0.25, 0.3) is 0 Å². The third kappa shape index (κ3) is 5.75. The molecule has 0 saturated carbocycles. The molecule has 0 aliphatic carbocycles. The number of ketones is 1. The molecule has 0 saturated heterocycles. The summed E-state index contributed by atoms with van der Waals surface area (Å²) in [6.45, 7) is 3.05. The summed E-state index contributed by atoms with van der Waals surface area (Å²) in [6, 6.07) is 10.3. The molecule has 0 bridgehead atoms. The predicted octanol–water partition coefficient (Wildman–Crippen LogP) is 2.95. The average Bonchev–Trinajstić information content (AvgIpc) is 2.78. The Labute approximate surface area is 181 Å². The first-order valence-corrected chi connectivity index (χ1v) is 9.70. The first kappa shape index (κ1) is 23.7. The van der Waals surface area contributed by atoms with Gasteiger partial charge in [-0.15, -0.1) is 0 Å². The van der Waals surface area contributed by atoms with Gasteiger partial charge < -0.3 is 24.3 Å². The van der Waals surface area contributed by atoms with Crippen molar-refractivity contribution in [1.29, 1.82) is 0 Å². The van der Waals surface area contributed by atoms with Gasteiger partial charge in [-0.05, 0) is 48.9 Å². The molecule has 2 aromatic carbocycles. The van der Waals surface area contributed by atoms with E-state index in [1.807, 2.05) is 0 Å². The number of carbonyl (C=O) groups excluding carboxylic acids is 3. The minimum absolute atomic E-state index is 0.0873. The molecule has 2 atom stereocenters. The number of nitrogens with one attached hydrogen (secondary N) is 1. The van der Waals surface area contributed by atoms with Gasteiger partial charge in [0.2, 0.25) is 5.91 Å². The van der Waals surface area contributed by atoms with Crippen LogP contribution in [0.1, 0.15) is 35.8 Å². The van der Waals surface area contributed by atoms with E-state index in [0.29, 0.717) is 22.8 Å². The second-order valence-electron chi connectivity index (χ2n) is 6.62. The fourth-order valence-corrected chi connectivity index (χ4v) is 3.19. The fraction of sp³-hybridized carbons (Fsp3) is 0.348. The van der Waals surface area contributed by atoms with Gasteiger partial charge in [0.15, 0.2) is 17.3 Å². The second kappa shape index (κ2) is 11.0. The van der Waals surface area contributed by atoms with E-state index in [-0.39, 0.29) is 12.2 Å². The largest absolute Gasteiger partial charge is 0.497 e. The Morgan fingerprint density at radius 1 is 0.903 bits per heavy atom. The summed E-state index contributed by atoms with van der Waals surface area (Å²) < 4.78 is 20.9. The number of rotatable bonds is 10. The first-order valence-electron chi connectivity index (χ1n) is 9.70. The molecule has 0 spiro atoms. The summed E-state index contributed by atoms with van der Waals surface area (Å²) in [4.78, 5) is 38.3. The van der Waals surface area contributed by atoms with Crippen molar-refractivity contribution >= 4 is 17.7 Å². The van der Waals surface area contributed by atoms with Crippen molar-refractivity contribution in [2.45, 2.75) is 19.9 Å². The highest BCUT2D eigenvalue weighted by molar-refractivity contribution is 6.09. The number of hydrogen-bond acceptors (Lipinski definition) is 7. The first-order chi connectivity index (χ1) is 14.9. The van der Waals surface area contributed by atoms with Crippen molar-refractivity contribution < 1.29 is 33.3 Å². The van der Waals surface area contributed by atoms with Crippen molar-refractivity contribution in [1.82, 2.24) is 5.32 Å². The van der Waals surface area contributed by atoms with Gasteiger partial charge in [-0.25, -0.2) is 0 Å². The minimum atomic E-state index is -1.31. The molecule has 0 aliphatic rings. The highest BCUT2D eigenvalue weighted by Gasteiger charge is 2.38. The van der Waals surface area contributed by atoms with E-state index >= 15 is 0 Å². The van der Waals surface area contributed by atoms with Gasteiger partial charge in [0.25, 0.3) is 0 Å². The molecule has 1 amide bonds. The molecule has 0 aliphatic heterocycles. The molecule has 0 aromatic heterocycles. The molecule has 31 heavy (non-hydrogen) atoms. The molecular weight excluding hydrogens is 402 g/mol. The van der Waals surface area contributed by atoms with Crippen molar-refractivity contribution in [2.75, 3.05) is 27.9 Å². The van der Waals surface area contributed by atoms with Crippen LogP contribution in [0.15, 0.2) is 42.5 Å². The molecule has 2 aromatic rings. The molecule has 2 rings (SSSR count). The van der Waals surface area contributed by atoms with Crippen LogP contribution in [0.5, 0.6) is 17.2 Å². The number of hydrogen-bond donors (Lipinski definition) is 1. The molecule has 0 heterocycles. The van der Waals surface area contributed by atoms with E-state index in [2.05, 4.69) is 5.32 Å². The zero-order chi connectivity index (χ0) is 23.0. The van der Waals surface area contributed by atoms with Gasteiger partial charge in [-0.2, -0.15) is 0 Å². The molecule has 2 unspecified atom stereocenters. The summed E-state index contributed by atoms with van der Waals surface area (Å²) in [5, 5.41) is 2.72. The summed E-state index contributed by atoms with van der Waals surface area (Å²) >= 11 is 0. The fourth-order valence-electron chi connectivity index (χ4n) is 3.19. The maximum atomic E-state index is 13.4. The SMILES string of the molecule is CCOC(=O)C(C(=O)c1ccc(OC)cc1)C(NC(C)=O)c1ccc(OC)c(OC)c1. The van der Waals surface area contributed by atoms with Gasteiger partial charge in [-0.1, -0.05) is 6.07 Å². The maximum Gasteiger partial charge on any atom is 0.319 e. The summed E-state index contributed by atoms with van der Waals surface area (Å²) in [5.41, 5.74) is 0.780. The summed E-state index contributed by atoms with van der Waals surface area (Å²) in [6.07, 6.45) is 0. The van der Waals surface area contributed by atoms with Crippen LogP contribution in [0.2, 0.25) is 0 Å². The zero-order valence-electron chi connectivity index (χ0n) is 18.3. The third-order valence-corrected chi connectivity index (χ3v) is 4.66. The zero-order valence-corrected chi connectivity index (χ0v) is 18.3. The molecule has 8 nitrogen and oxygen atoms in total. The Balaban J connectivity index is 2.57. The minimum Gasteiger partial charge on any atom is -0.497 e. The molecule has 1 N–H and O–H groups in total. The molecule has 166 valence electrons. The Morgan fingerprint density at radius 3 is 2.06 bits per heavy atom. The lowest BCUT2D eigenvalue weighted by Crippen LogP contribution is -2.41. The van der Waals surface area contributed by atoms with Gasteiger partial charge in [0.1, 0.15) is 11.7 Å². The van der Waals surface area contributed by atoms with E-state index < -0.39 is 29.6 Å². The Hall–Kier alpha value is -3.55. The number of esters is 1. The van der Waals surface area contributed by atoms with E-state index in [9.17, 15) is 14.4 Å². The Morgan fingerprint density at radius 2 is 1.55 bits per heavy atom. The number of amides is 1. The normalized spacial score (nSPS) is 12.3. The van der Waals surface area contributed by atoms with Gasteiger partial charge in [-0.3, -0.25) is 14.4 Å². The smallest absolute Gasteiger partial charge is 0.319 e. The lowest BCUT2D eigenvalue weighted by Gasteiger charge is -2.26. The second-order valence-corrected chi connectivity index (χ2v) is 6.62. The number of Topliss-reactive ketones (excluding diaryl/α,β-unsaturated/α-hetero) is 1. The van der Waals surface area contributed by atoms with E-state index in [0.717, 1.165) is 0 Å². The molecule has 0 radical (unpaired) electrons. The van der Waals surface area contributed by atoms with Crippen LogP contribution in [0.4, 0.5) is 0 Å².